The van der Waals surface area contributed by atoms with E-state index >= 15 is 0 Å². The average molecular weight is 447 g/mol. The number of hydrogen-bond donors (Lipinski definition) is 1. The van der Waals surface area contributed by atoms with E-state index in [4.69, 9.17) is 4.74 Å². The number of rotatable bonds is 6. The summed E-state index contributed by atoms with van der Waals surface area (Å²) in [6.45, 7) is 8.91. The van der Waals surface area contributed by atoms with Gasteiger partial charge in [-0.3, -0.25) is 4.99 Å². The van der Waals surface area contributed by atoms with Crippen LogP contribution in [-0.4, -0.2) is 70.2 Å². The Morgan fingerprint density at radius 2 is 2.09 bits per heavy atom. The summed E-state index contributed by atoms with van der Waals surface area (Å²) in [6.07, 6.45) is 2.33. The Bertz CT molecular complexity index is 460. The number of nitrogens with one attached hydrogen (secondary N) is 1. The Morgan fingerprint density at radius 3 is 2.55 bits per heavy atom. The Kier molecular flexibility index (Phi) is 9.23. The molecule has 1 aliphatic rings. The van der Waals surface area contributed by atoms with Crippen molar-refractivity contribution in [2.24, 2.45) is 10.9 Å². The Balaban J connectivity index is 0.00000441. The molecule has 0 saturated carbocycles. The monoisotopic (exact) mass is 447 g/mol. The SMILES string of the molecule is CCNC(=NCC(C)(C)S(C)(=O)=O)N(C)CC1CCOC1.I. The van der Waals surface area contributed by atoms with Gasteiger partial charge in [0.05, 0.1) is 17.9 Å². The van der Waals surface area contributed by atoms with Gasteiger partial charge in [0.2, 0.25) is 0 Å². The van der Waals surface area contributed by atoms with Gasteiger partial charge in [0.1, 0.15) is 0 Å². The molecular weight excluding hydrogens is 417 g/mol. The van der Waals surface area contributed by atoms with Crippen LogP contribution in [0.5, 0.6) is 0 Å². The molecule has 6 nitrogen and oxygen atoms in total. The molecule has 1 aliphatic heterocycles. The van der Waals surface area contributed by atoms with Crippen LogP contribution in [0, 0.1) is 5.92 Å². The molecule has 0 aromatic rings. The van der Waals surface area contributed by atoms with E-state index in [1.54, 1.807) is 13.8 Å². The van der Waals surface area contributed by atoms with Crippen molar-refractivity contribution in [3.63, 3.8) is 0 Å². The zero-order valence-electron chi connectivity index (χ0n) is 14.3. The van der Waals surface area contributed by atoms with Crippen LogP contribution in [0.4, 0.5) is 0 Å². The molecule has 132 valence electrons. The van der Waals surface area contributed by atoms with E-state index in [2.05, 4.69) is 15.2 Å². The number of nitrogens with zero attached hydrogens (tertiary/aromatic N) is 2. The zero-order chi connectivity index (χ0) is 16.1. The highest BCUT2D eigenvalue weighted by Gasteiger charge is 2.30. The van der Waals surface area contributed by atoms with E-state index in [1.165, 1.54) is 6.26 Å². The largest absolute Gasteiger partial charge is 0.381 e. The zero-order valence-corrected chi connectivity index (χ0v) is 17.4. The van der Waals surface area contributed by atoms with Crippen molar-refractivity contribution in [3.05, 3.63) is 0 Å². The molecule has 1 fully saturated rings. The predicted octanol–water partition coefficient (Wildman–Crippen LogP) is 1.36. The lowest BCUT2D eigenvalue weighted by molar-refractivity contribution is 0.181. The van der Waals surface area contributed by atoms with Crippen LogP contribution in [0.3, 0.4) is 0 Å². The topological polar surface area (TPSA) is 71.0 Å². The number of sulfone groups is 1. The second-order valence-electron chi connectivity index (χ2n) is 6.31. The fraction of sp³-hybridized carbons (Fsp3) is 0.929. The molecule has 1 N–H and O–H groups in total. The molecule has 0 aromatic carbocycles. The minimum absolute atomic E-state index is 0. The highest BCUT2D eigenvalue weighted by atomic mass is 127. The molecule has 8 heteroatoms. The summed E-state index contributed by atoms with van der Waals surface area (Å²) in [6, 6.07) is 0. The second-order valence-corrected chi connectivity index (χ2v) is 8.96. The first kappa shape index (κ1) is 21.9. The lowest BCUT2D eigenvalue weighted by Gasteiger charge is -2.26. The van der Waals surface area contributed by atoms with Crippen molar-refractivity contribution in [2.45, 2.75) is 31.9 Å². The minimum Gasteiger partial charge on any atom is -0.381 e. The summed E-state index contributed by atoms with van der Waals surface area (Å²) >= 11 is 0. The van der Waals surface area contributed by atoms with Gasteiger partial charge >= 0.3 is 0 Å². The molecule has 1 unspecified atom stereocenters. The van der Waals surface area contributed by atoms with Gasteiger partial charge in [0, 0.05) is 38.9 Å². The van der Waals surface area contributed by atoms with Crippen LogP contribution < -0.4 is 5.32 Å². The van der Waals surface area contributed by atoms with Gasteiger partial charge in [0.25, 0.3) is 0 Å². The fourth-order valence-electron chi connectivity index (χ4n) is 2.05. The van der Waals surface area contributed by atoms with Gasteiger partial charge < -0.3 is 15.0 Å². The van der Waals surface area contributed by atoms with E-state index < -0.39 is 14.6 Å². The third-order valence-corrected chi connectivity index (χ3v) is 6.00. The van der Waals surface area contributed by atoms with E-state index in [-0.39, 0.29) is 30.5 Å². The molecule has 0 amide bonds. The van der Waals surface area contributed by atoms with Gasteiger partial charge in [-0.15, -0.1) is 24.0 Å². The third kappa shape index (κ3) is 6.57. The van der Waals surface area contributed by atoms with Crippen molar-refractivity contribution in [1.82, 2.24) is 10.2 Å². The standard InChI is InChI=1S/C14H29N3O3S.HI/c1-6-15-13(16-11-14(2,3)21(5,18)19)17(4)9-12-7-8-20-10-12;/h12H,6-11H2,1-5H3,(H,15,16);1H. The van der Waals surface area contributed by atoms with Crippen LogP contribution in [0.25, 0.3) is 0 Å². The normalized spacial score (nSPS) is 19.7. The summed E-state index contributed by atoms with van der Waals surface area (Å²) in [4.78, 5) is 6.56. The lowest BCUT2D eigenvalue weighted by atomic mass is 10.1. The minimum atomic E-state index is -3.13. The molecule has 0 aliphatic carbocycles. The maximum atomic E-state index is 11.8. The first-order valence-electron chi connectivity index (χ1n) is 7.44. The summed E-state index contributed by atoms with van der Waals surface area (Å²) in [7, 11) is -1.16. The molecule has 0 spiro atoms. The number of halogens is 1. The molecule has 1 saturated heterocycles. The highest BCUT2D eigenvalue weighted by molar-refractivity contribution is 14.0. The quantitative estimate of drug-likeness (QED) is 0.378. The number of ether oxygens (including phenoxy) is 1. The van der Waals surface area contributed by atoms with Gasteiger partial charge in [-0.2, -0.15) is 0 Å². The molecule has 22 heavy (non-hydrogen) atoms. The van der Waals surface area contributed by atoms with Crippen molar-refractivity contribution in [2.75, 3.05) is 46.2 Å². The summed E-state index contributed by atoms with van der Waals surface area (Å²) in [5.41, 5.74) is 0. The molecular formula is C14H30IN3O3S. The lowest BCUT2D eigenvalue weighted by Crippen LogP contribution is -2.43. The highest BCUT2D eigenvalue weighted by Crippen LogP contribution is 2.16. The van der Waals surface area contributed by atoms with Gasteiger partial charge in [-0.1, -0.05) is 0 Å². The fourth-order valence-corrected chi connectivity index (χ4v) is 2.35. The van der Waals surface area contributed by atoms with Gasteiger partial charge in [0.15, 0.2) is 15.8 Å². The molecule has 1 atom stereocenters. The van der Waals surface area contributed by atoms with Gasteiger partial charge in [-0.25, -0.2) is 8.42 Å². The van der Waals surface area contributed by atoms with Crippen LogP contribution in [0.2, 0.25) is 0 Å². The maximum Gasteiger partial charge on any atom is 0.193 e. The number of guanidine groups is 1. The Labute approximate surface area is 152 Å². The molecule has 0 aromatic heterocycles. The molecule has 1 rings (SSSR count). The maximum absolute atomic E-state index is 11.8. The van der Waals surface area contributed by atoms with Gasteiger partial charge in [-0.05, 0) is 27.2 Å². The average Bonchev–Trinajstić information content (AvgIpc) is 2.85. The van der Waals surface area contributed by atoms with Crippen molar-refractivity contribution < 1.29 is 13.2 Å². The van der Waals surface area contributed by atoms with Crippen LogP contribution in [-0.2, 0) is 14.6 Å². The predicted molar refractivity (Wildman–Crippen MR) is 102 cm³/mol. The molecule has 0 radical (unpaired) electrons. The summed E-state index contributed by atoms with van der Waals surface area (Å²) in [5, 5.41) is 3.22. The third-order valence-electron chi connectivity index (χ3n) is 3.87. The van der Waals surface area contributed by atoms with Crippen molar-refractivity contribution in [3.8, 4) is 0 Å². The van der Waals surface area contributed by atoms with E-state index in [0.717, 1.165) is 38.7 Å². The molecule has 0 bridgehead atoms. The van der Waals surface area contributed by atoms with E-state index in [0.29, 0.717) is 5.92 Å². The van der Waals surface area contributed by atoms with Crippen LogP contribution >= 0.6 is 24.0 Å². The van der Waals surface area contributed by atoms with E-state index in [9.17, 15) is 8.42 Å². The first-order valence-corrected chi connectivity index (χ1v) is 9.33. The number of hydrogen-bond acceptors (Lipinski definition) is 4. The van der Waals surface area contributed by atoms with Crippen LogP contribution in [0.15, 0.2) is 4.99 Å². The summed E-state index contributed by atoms with van der Waals surface area (Å²) < 4.78 is 28.0. The van der Waals surface area contributed by atoms with Crippen LogP contribution in [0.1, 0.15) is 27.2 Å². The summed E-state index contributed by atoms with van der Waals surface area (Å²) in [5.74, 6) is 1.27. The van der Waals surface area contributed by atoms with Crippen molar-refractivity contribution >= 4 is 39.8 Å². The smallest absolute Gasteiger partial charge is 0.193 e. The Hall–Kier alpha value is -0.0900. The molecule has 1 heterocycles. The Morgan fingerprint density at radius 1 is 1.45 bits per heavy atom. The van der Waals surface area contributed by atoms with E-state index in [1.807, 2.05) is 14.0 Å². The first-order chi connectivity index (χ1) is 9.67. The second kappa shape index (κ2) is 9.27. The number of aliphatic imine (C=N–C) groups is 1. The van der Waals surface area contributed by atoms with Crippen molar-refractivity contribution in [1.29, 1.82) is 0 Å².